The third-order valence-corrected chi connectivity index (χ3v) is 2.72. The first-order valence-corrected chi connectivity index (χ1v) is 6.04. The molecule has 0 aliphatic carbocycles. The molecule has 0 aliphatic rings. The van der Waals surface area contributed by atoms with Gasteiger partial charge in [0.1, 0.15) is 6.54 Å². The van der Waals surface area contributed by atoms with E-state index in [4.69, 9.17) is 5.11 Å². The number of carboxylic acids is 1. The highest BCUT2D eigenvalue weighted by Crippen LogP contribution is 2.17. The van der Waals surface area contributed by atoms with E-state index in [0.29, 0.717) is 13.0 Å². The van der Waals surface area contributed by atoms with Crippen LogP contribution in [0.15, 0.2) is 24.3 Å². The second kappa shape index (κ2) is 5.87. The van der Waals surface area contributed by atoms with Gasteiger partial charge >= 0.3 is 5.97 Å². The Balaban J connectivity index is 2.77. The number of aliphatic hydroxyl groups is 1. The van der Waals surface area contributed by atoms with Crippen LogP contribution in [0.2, 0.25) is 0 Å². The molecule has 100 valence electrons. The summed E-state index contributed by atoms with van der Waals surface area (Å²) in [7, 11) is 0. The van der Waals surface area contributed by atoms with Crippen molar-refractivity contribution in [2.75, 3.05) is 18.0 Å². The first-order valence-electron chi connectivity index (χ1n) is 6.04. The average molecular weight is 251 g/mol. The molecule has 0 radical (unpaired) electrons. The lowest BCUT2D eigenvalue weighted by Gasteiger charge is -2.26. The van der Waals surface area contributed by atoms with Gasteiger partial charge in [-0.25, -0.2) is 0 Å². The summed E-state index contributed by atoms with van der Waals surface area (Å²) in [5.74, 6) is -0.869. The van der Waals surface area contributed by atoms with E-state index in [1.165, 1.54) is 0 Å². The van der Waals surface area contributed by atoms with Crippen LogP contribution in [0.4, 0.5) is 5.69 Å². The molecule has 0 fully saturated rings. The number of carbonyl (C=O) groups is 1. The standard InChI is InChI=1S/C14H21NO3/c1-11-4-6-12(7-5-11)15(10-13(16)17)9-8-14(2,3)18/h4-7,18H,8-10H2,1-3H3,(H,16,17). The third-order valence-electron chi connectivity index (χ3n) is 2.72. The molecule has 2 N–H and O–H groups in total. The minimum Gasteiger partial charge on any atom is -0.480 e. The number of rotatable bonds is 6. The minimum atomic E-state index is -0.869. The van der Waals surface area contributed by atoms with E-state index in [1.807, 2.05) is 31.2 Å². The maximum absolute atomic E-state index is 10.9. The number of aryl methyl sites for hydroxylation is 1. The molecule has 0 unspecified atom stereocenters. The number of hydrogen-bond donors (Lipinski definition) is 2. The summed E-state index contributed by atoms with van der Waals surface area (Å²) >= 11 is 0. The molecule has 0 amide bonds. The van der Waals surface area contributed by atoms with Crippen LogP contribution in [0.25, 0.3) is 0 Å². The van der Waals surface area contributed by atoms with Gasteiger partial charge < -0.3 is 15.1 Å². The van der Waals surface area contributed by atoms with Gasteiger partial charge in [0.15, 0.2) is 0 Å². The van der Waals surface area contributed by atoms with Gasteiger partial charge in [0, 0.05) is 12.2 Å². The van der Waals surface area contributed by atoms with E-state index < -0.39 is 11.6 Å². The van der Waals surface area contributed by atoms with E-state index in [9.17, 15) is 9.90 Å². The molecule has 4 heteroatoms. The quantitative estimate of drug-likeness (QED) is 0.812. The lowest BCUT2D eigenvalue weighted by Crippen LogP contribution is -2.34. The van der Waals surface area contributed by atoms with Crippen LogP contribution >= 0.6 is 0 Å². The third kappa shape index (κ3) is 5.19. The smallest absolute Gasteiger partial charge is 0.323 e. The monoisotopic (exact) mass is 251 g/mol. The van der Waals surface area contributed by atoms with E-state index in [1.54, 1.807) is 18.7 Å². The van der Waals surface area contributed by atoms with Crippen LogP contribution in [0, 0.1) is 6.92 Å². The topological polar surface area (TPSA) is 60.8 Å². The number of hydrogen-bond acceptors (Lipinski definition) is 3. The summed E-state index contributed by atoms with van der Waals surface area (Å²) in [6, 6.07) is 7.72. The highest BCUT2D eigenvalue weighted by atomic mass is 16.4. The fourth-order valence-corrected chi connectivity index (χ4v) is 1.63. The number of aliphatic carboxylic acids is 1. The molecule has 4 nitrogen and oxygen atoms in total. The second-order valence-electron chi connectivity index (χ2n) is 5.21. The summed E-state index contributed by atoms with van der Waals surface area (Å²) in [6.07, 6.45) is 0.522. The summed E-state index contributed by atoms with van der Waals surface area (Å²) in [5.41, 5.74) is 1.21. The fraction of sp³-hybridized carbons (Fsp3) is 0.500. The zero-order valence-electron chi connectivity index (χ0n) is 11.2. The van der Waals surface area contributed by atoms with Crippen LogP contribution in [-0.2, 0) is 4.79 Å². The van der Waals surface area contributed by atoms with E-state index in [-0.39, 0.29) is 6.54 Å². The zero-order valence-corrected chi connectivity index (χ0v) is 11.2. The lowest BCUT2D eigenvalue weighted by atomic mass is 10.1. The van der Waals surface area contributed by atoms with Crippen LogP contribution < -0.4 is 4.90 Å². The summed E-state index contributed by atoms with van der Waals surface area (Å²) in [5, 5.41) is 18.6. The number of nitrogens with zero attached hydrogens (tertiary/aromatic N) is 1. The molecule has 0 aromatic heterocycles. The average Bonchev–Trinajstić information content (AvgIpc) is 2.24. The largest absolute Gasteiger partial charge is 0.480 e. The molecule has 0 spiro atoms. The maximum Gasteiger partial charge on any atom is 0.323 e. The Morgan fingerprint density at radius 1 is 1.28 bits per heavy atom. The molecule has 0 saturated heterocycles. The number of carboxylic acid groups (broad SMARTS) is 1. The molecule has 1 aromatic carbocycles. The molecule has 0 saturated carbocycles. The van der Waals surface area contributed by atoms with Crippen molar-refractivity contribution in [3.05, 3.63) is 29.8 Å². The van der Waals surface area contributed by atoms with Gasteiger partial charge in [0.2, 0.25) is 0 Å². The van der Waals surface area contributed by atoms with Gasteiger partial charge in [-0.3, -0.25) is 4.79 Å². The second-order valence-corrected chi connectivity index (χ2v) is 5.21. The molecule has 1 aromatic rings. The molecule has 0 atom stereocenters. The van der Waals surface area contributed by atoms with E-state index >= 15 is 0 Å². The number of benzene rings is 1. The predicted octanol–water partition coefficient (Wildman–Crippen LogP) is 2.05. The van der Waals surface area contributed by atoms with Crippen molar-refractivity contribution < 1.29 is 15.0 Å². The summed E-state index contributed by atoms with van der Waals surface area (Å²) in [4.78, 5) is 12.6. The van der Waals surface area contributed by atoms with Gasteiger partial charge in [0.25, 0.3) is 0 Å². The SMILES string of the molecule is Cc1ccc(N(CCC(C)(C)O)CC(=O)O)cc1. The van der Waals surface area contributed by atoms with Crippen LogP contribution in [0.3, 0.4) is 0 Å². The normalized spacial score (nSPS) is 11.3. The molecule has 0 heterocycles. The summed E-state index contributed by atoms with van der Waals surface area (Å²) < 4.78 is 0. The molecule has 0 aliphatic heterocycles. The van der Waals surface area contributed by atoms with Gasteiger partial charge in [-0.2, -0.15) is 0 Å². The Morgan fingerprint density at radius 3 is 2.28 bits per heavy atom. The molecule has 0 bridgehead atoms. The van der Waals surface area contributed by atoms with Crippen molar-refractivity contribution in [3.63, 3.8) is 0 Å². The van der Waals surface area contributed by atoms with Gasteiger partial charge in [-0.1, -0.05) is 17.7 Å². The Morgan fingerprint density at radius 2 is 1.83 bits per heavy atom. The number of anilines is 1. The zero-order chi connectivity index (χ0) is 13.8. The van der Waals surface area contributed by atoms with E-state index in [2.05, 4.69) is 0 Å². The predicted molar refractivity (Wildman–Crippen MR) is 71.9 cm³/mol. The maximum atomic E-state index is 10.9. The van der Waals surface area contributed by atoms with Crippen molar-refractivity contribution >= 4 is 11.7 Å². The molecular formula is C14H21NO3. The van der Waals surface area contributed by atoms with Crippen LogP contribution in [0.5, 0.6) is 0 Å². The van der Waals surface area contributed by atoms with Gasteiger partial charge in [-0.15, -0.1) is 0 Å². The highest BCUT2D eigenvalue weighted by Gasteiger charge is 2.17. The Kier molecular flexibility index (Phi) is 4.73. The summed E-state index contributed by atoms with van der Waals surface area (Å²) in [6.45, 7) is 5.89. The minimum absolute atomic E-state index is 0.0564. The van der Waals surface area contributed by atoms with Crippen molar-refractivity contribution in [3.8, 4) is 0 Å². The van der Waals surface area contributed by atoms with Crippen molar-refractivity contribution in [1.82, 2.24) is 0 Å². The molecule has 1 rings (SSSR count). The van der Waals surface area contributed by atoms with E-state index in [0.717, 1.165) is 11.3 Å². The van der Waals surface area contributed by atoms with Crippen molar-refractivity contribution in [2.24, 2.45) is 0 Å². The van der Waals surface area contributed by atoms with Crippen LogP contribution in [-0.4, -0.2) is 34.9 Å². The fourth-order valence-electron chi connectivity index (χ4n) is 1.63. The Bertz CT molecular complexity index is 392. The van der Waals surface area contributed by atoms with Crippen molar-refractivity contribution in [1.29, 1.82) is 0 Å². The Labute approximate surface area is 108 Å². The molecule has 18 heavy (non-hydrogen) atoms. The van der Waals surface area contributed by atoms with Gasteiger partial charge in [-0.05, 0) is 39.3 Å². The first-order chi connectivity index (χ1) is 8.28. The first kappa shape index (κ1) is 14.5. The highest BCUT2D eigenvalue weighted by molar-refractivity contribution is 5.73. The van der Waals surface area contributed by atoms with Gasteiger partial charge in [0.05, 0.1) is 5.60 Å². The lowest BCUT2D eigenvalue weighted by molar-refractivity contribution is -0.135. The molecular weight excluding hydrogens is 230 g/mol. The van der Waals surface area contributed by atoms with Crippen LogP contribution in [0.1, 0.15) is 25.8 Å². The Hall–Kier alpha value is -1.55. The van der Waals surface area contributed by atoms with Crippen molar-refractivity contribution in [2.45, 2.75) is 32.8 Å².